The van der Waals surface area contributed by atoms with Crippen LogP contribution in [-0.2, 0) is 14.3 Å². The third-order valence-electron chi connectivity index (χ3n) is 13.4. The van der Waals surface area contributed by atoms with Crippen molar-refractivity contribution in [2.45, 2.75) is 321 Å². The number of esters is 1. The molecule has 1 amide bonds. The van der Waals surface area contributed by atoms with Crippen molar-refractivity contribution in [1.82, 2.24) is 5.32 Å². The predicted octanol–water partition coefficient (Wildman–Crippen LogP) is 18.0. The fourth-order valence-electron chi connectivity index (χ4n) is 8.86. The third-order valence-corrected chi connectivity index (χ3v) is 13.4. The lowest BCUT2D eigenvalue weighted by molar-refractivity contribution is -0.143. The normalized spacial score (nSPS) is 12.8. The molecule has 388 valence electrons. The van der Waals surface area contributed by atoms with E-state index in [0.717, 1.165) is 44.9 Å². The zero-order valence-corrected chi connectivity index (χ0v) is 44.2. The van der Waals surface area contributed by atoms with Crippen molar-refractivity contribution in [2.24, 2.45) is 0 Å². The molecule has 0 rings (SSSR count). The molecule has 0 aromatic heterocycles. The van der Waals surface area contributed by atoms with Crippen LogP contribution in [0.5, 0.6) is 0 Å². The molecule has 0 aliphatic heterocycles. The first-order valence-electron chi connectivity index (χ1n) is 29.3. The van der Waals surface area contributed by atoms with Crippen molar-refractivity contribution >= 4 is 11.9 Å². The first-order chi connectivity index (χ1) is 32.5. The first kappa shape index (κ1) is 64.1. The summed E-state index contributed by atoms with van der Waals surface area (Å²) < 4.78 is 5.48. The molecule has 0 aliphatic carbocycles. The summed E-state index contributed by atoms with van der Waals surface area (Å²) in [6.07, 6.45) is 68.9. The molecule has 0 saturated heterocycles. The number of ether oxygens (including phenoxy) is 1. The lowest BCUT2D eigenvalue weighted by Gasteiger charge is -2.20. The number of carbonyl (C=O) groups is 2. The second-order valence-corrected chi connectivity index (χ2v) is 20.0. The molecular formula is C60H113NO5. The smallest absolute Gasteiger partial charge is 0.305 e. The van der Waals surface area contributed by atoms with Crippen LogP contribution in [-0.4, -0.2) is 47.4 Å². The zero-order valence-electron chi connectivity index (χ0n) is 44.2. The average Bonchev–Trinajstić information content (AvgIpc) is 3.32. The van der Waals surface area contributed by atoms with Gasteiger partial charge in [0.1, 0.15) is 0 Å². The Morgan fingerprint density at radius 1 is 0.409 bits per heavy atom. The monoisotopic (exact) mass is 928 g/mol. The number of nitrogens with one attached hydrogen (secondary N) is 1. The fourth-order valence-corrected chi connectivity index (χ4v) is 8.86. The molecule has 2 atom stereocenters. The summed E-state index contributed by atoms with van der Waals surface area (Å²) in [6.45, 7) is 4.88. The summed E-state index contributed by atoms with van der Waals surface area (Å²) in [6, 6.07) is -0.629. The van der Waals surface area contributed by atoms with Crippen LogP contribution in [0.3, 0.4) is 0 Å². The van der Waals surface area contributed by atoms with E-state index in [0.29, 0.717) is 19.4 Å². The average molecular weight is 929 g/mol. The summed E-state index contributed by atoms with van der Waals surface area (Å²) in [5.41, 5.74) is 0. The van der Waals surface area contributed by atoms with E-state index in [4.69, 9.17) is 4.74 Å². The number of rotatable bonds is 54. The van der Waals surface area contributed by atoms with Gasteiger partial charge >= 0.3 is 5.97 Å². The Morgan fingerprint density at radius 3 is 1.08 bits per heavy atom. The van der Waals surface area contributed by atoms with Gasteiger partial charge in [-0.05, 0) is 83.5 Å². The summed E-state index contributed by atoms with van der Waals surface area (Å²) in [5.74, 6) is -0.0709. The van der Waals surface area contributed by atoms with Crippen LogP contribution in [0.25, 0.3) is 0 Å². The molecule has 0 aliphatic rings. The largest absolute Gasteiger partial charge is 0.466 e. The van der Waals surface area contributed by atoms with Crippen LogP contribution in [0.1, 0.15) is 309 Å². The van der Waals surface area contributed by atoms with Crippen LogP contribution >= 0.6 is 0 Å². The number of allylic oxidation sites excluding steroid dienone is 5. The molecule has 3 N–H and O–H groups in total. The van der Waals surface area contributed by atoms with E-state index in [1.165, 1.54) is 238 Å². The number of unbranched alkanes of at least 4 members (excludes halogenated alkanes) is 39. The van der Waals surface area contributed by atoms with Crippen LogP contribution < -0.4 is 5.32 Å². The Morgan fingerprint density at radius 2 is 0.712 bits per heavy atom. The summed E-state index contributed by atoms with van der Waals surface area (Å²) in [4.78, 5) is 24.4. The molecule has 0 spiro atoms. The van der Waals surface area contributed by atoms with E-state index in [-0.39, 0.29) is 18.5 Å². The van der Waals surface area contributed by atoms with Crippen LogP contribution in [0, 0.1) is 0 Å². The molecular weight excluding hydrogens is 815 g/mol. The van der Waals surface area contributed by atoms with E-state index in [1.807, 2.05) is 6.08 Å². The second kappa shape index (κ2) is 55.7. The van der Waals surface area contributed by atoms with Crippen LogP contribution in [0.2, 0.25) is 0 Å². The van der Waals surface area contributed by atoms with Gasteiger partial charge in [0.05, 0.1) is 25.4 Å². The van der Waals surface area contributed by atoms with E-state index < -0.39 is 12.1 Å². The number of carbonyl (C=O) groups excluding carboxylic acids is 2. The highest BCUT2D eigenvalue weighted by atomic mass is 16.5. The quantitative estimate of drug-likeness (QED) is 0.0321. The lowest BCUT2D eigenvalue weighted by atomic mass is 10.0. The topological polar surface area (TPSA) is 95.9 Å². The maximum absolute atomic E-state index is 12.4. The summed E-state index contributed by atoms with van der Waals surface area (Å²) in [5, 5.41) is 23.0. The predicted molar refractivity (Wildman–Crippen MR) is 287 cm³/mol. The van der Waals surface area contributed by atoms with Gasteiger partial charge in [-0.1, -0.05) is 249 Å². The molecule has 0 fully saturated rings. The summed E-state index contributed by atoms with van der Waals surface area (Å²) in [7, 11) is 0. The standard InChI is InChI=1S/C60H113NO5/c1-3-5-7-9-11-13-15-16-27-31-34-38-42-46-50-54-60(65)66-55-51-47-43-39-35-32-29-26-24-22-20-18-17-19-21-23-25-28-30-33-37-41-45-49-53-59(64)61-57(56-62)58(63)52-48-44-40-36-14-12-10-8-6-4-2/h16,19,21,27,48,52,57-58,62-63H,3-15,17-18,20,22-26,28-47,49-51,53-56H2,1-2H3,(H,61,64)/b21-19-,27-16-,52-48+. The van der Waals surface area contributed by atoms with Gasteiger partial charge in [-0.3, -0.25) is 9.59 Å². The molecule has 6 heteroatoms. The number of hydrogen-bond acceptors (Lipinski definition) is 5. The Balaban J connectivity index is 3.40. The number of amides is 1. The van der Waals surface area contributed by atoms with Crippen LogP contribution in [0.15, 0.2) is 36.5 Å². The van der Waals surface area contributed by atoms with E-state index in [1.54, 1.807) is 6.08 Å². The number of hydrogen-bond donors (Lipinski definition) is 3. The Bertz CT molecular complexity index is 1070. The highest BCUT2D eigenvalue weighted by molar-refractivity contribution is 5.76. The molecule has 0 aromatic carbocycles. The van der Waals surface area contributed by atoms with Gasteiger partial charge in [0.2, 0.25) is 5.91 Å². The minimum atomic E-state index is -0.845. The van der Waals surface area contributed by atoms with Crippen molar-refractivity contribution in [3.8, 4) is 0 Å². The van der Waals surface area contributed by atoms with Crippen molar-refractivity contribution < 1.29 is 24.5 Å². The minimum Gasteiger partial charge on any atom is -0.466 e. The zero-order chi connectivity index (χ0) is 47.9. The molecule has 0 saturated carbocycles. The SMILES string of the molecule is CCCCCCCC/C=C\CCCCCCCC(=O)OCCCCCCCCCCCCCC/C=C\CCCCCCCCCCC(=O)NC(CO)C(O)/C=C/CCCCCCCCCC. The van der Waals surface area contributed by atoms with Gasteiger partial charge in [0, 0.05) is 12.8 Å². The maximum atomic E-state index is 12.4. The van der Waals surface area contributed by atoms with Gasteiger partial charge in [-0.25, -0.2) is 0 Å². The first-order valence-corrected chi connectivity index (χ1v) is 29.3. The Kier molecular flexibility index (Phi) is 54.1. The van der Waals surface area contributed by atoms with E-state index in [9.17, 15) is 19.8 Å². The van der Waals surface area contributed by atoms with E-state index >= 15 is 0 Å². The van der Waals surface area contributed by atoms with Crippen LogP contribution in [0.4, 0.5) is 0 Å². The molecule has 0 heterocycles. The van der Waals surface area contributed by atoms with E-state index in [2.05, 4.69) is 43.5 Å². The highest BCUT2D eigenvalue weighted by Gasteiger charge is 2.18. The maximum Gasteiger partial charge on any atom is 0.305 e. The highest BCUT2D eigenvalue weighted by Crippen LogP contribution is 2.16. The lowest BCUT2D eigenvalue weighted by Crippen LogP contribution is -2.45. The minimum absolute atomic E-state index is 0.00373. The number of aliphatic hydroxyl groups is 2. The second-order valence-electron chi connectivity index (χ2n) is 20.0. The fraction of sp³-hybridized carbons (Fsp3) is 0.867. The molecule has 0 radical (unpaired) electrons. The van der Waals surface area contributed by atoms with Gasteiger partial charge in [-0.15, -0.1) is 0 Å². The summed E-state index contributed by atoms with van der Waals surface area (Å²) >= 11 is 0. The van der Waals surface area contributed by atoms with Gasteiger partial charge < -0.3 is 20.3 Å². The molecule has 6 nitrogen and oxygen atoms in total. The molecule has 0 bridgehead atoms. The van der Waals surface area contributed by atoms with Crippen molar-refractivity contribution in [3.63, 3.8) is 0 Å². The molecule has 66 heavy (non-hydrogen) atoms. The molecule has 2 unspecified atom stereocenters. The van der Waals surface area contributed by atoms with Gasteiger partial charge in [0.15, 0.2) is 0 Å². The van der Waals surface area contributed by atoms with Crippen molar-refractivity contribution in [1.29, 1.82) is 0 Å². The number of aliphatic hydroxyl groups excluding tert-OH is 2. The van der Waals surface area contributed by atoms with Crippen molar-refractivity contribution in [2.75, 3.05) is 13.2 Å². The Hall–Kier alpha value is -1.92. The van der Waals surface area contributed by atoms with Crippen molar-refractivity contribution in [3.05, 3.63) is 36.5 Å². The van der Waals surface area contributed by atoms with Gasteiger partial charge in [-0.2, -0.15) is 0 Å². The third kappa shape index (κ3) is 51.5. The van der Waals surface area contributed by atoms with Gasteiger partial charge in [0.25, 0.3) is 0 Å². The Labute approximate surface area is 411 Å². The molecule has 0 aromatic rings.